The van der Waals surface area contributed by atoms with Crippen LogP contribution in [-0.2, 0) is 9.59 Å². The molecule has 4 aromatic carbocycles. The minimum Gasteiger partial charge on any atom is -0.497 e. The molecule has 0 spiro atoms. The minimum absolute atomic E-state index is 0.0632. The molecular formula is C34H30N4O5S2. The largest absolute Gasteiger partial charge is 0.497 e. The van der Waals surface area contributed by atoms with Crippen LogP contribution in [0.25, 0.3) is 16.3 Å². The maximum absolute atomic E-state index is 13.5. The number of ether oxygens (including phenoxy) is 2. The van der Waals surface area contributed by atoms with Gasteiger partial charge in [-0.25, -0.2) is 4.98 Å². The second-order valence-corrected chi connectivity index (χ2v) is 12.2. The van der Waals surface area contributed by atoms with E-state index < -0.39 is 17.1 Å². The highest BCUT2D eigenvalue weighted by molar-refractivity contribution is 8.00. The Morgan fingerprint density at radius 3 is 2.31 bits per heavy atom. The molecule has 11 heteroatoms. The SMILES string of the molecule is COc1ccc(/C=C(/NC(=O)c2ccccc2)C(=O)Nc2cccc(SC(C)C(=O)Nc3nc4ccc(OC)cc4s3)c2)cc1. The van der Waals surface area contributed by atoms with Gasteiger partial charge in [-0.1, -0.05) is 47.7 Å². The molecule has 5 aromatic rings. The van der Waals surface area contributed by atoms with Crippen LogP contribution in [0.1, 0.15) is 22.8 Å². The van der Waals surface area contributed by atoms with Gasteiger partial charge in [-0.3, -0.25) is 14.4 Å². The summed E-state index contributed by atoms with van der Waals surface area (Å²) >= 11 is 2.72. The molecule has 0 saturated heterocycles. The van der Waals surface area contributed by atoms with Crippen LogP contribution >= 0.6 is 23.1 Å². The Hall–Kier alpha value is -5.13. The van der Waals surface area contributed by atoms with Gasteiger partial charge in [0.2, 0.25) is 5.91 Å². The Morgan fingerprint density at radius 1 is 0.844 bits per heavy atom. The molecule has 228 valence electrons. The molecule has 0 aliphatic carbocycles. The summed E-state index contributed by atoms with van der Waals surface area (Å²) in [5.41, 5.74) is 2.47. The Morgan fingerprint density at radius 2 is 1.58 bits per heavy atom. The number of carbonyl (C=O) groups is 3. The predicted molar refractivity (Wildman–Crippen MR) is 180 cm³/mol. The lowest BCUT2D eigenvalue weighted by Crippen LogP contribution is -2.30. The van der Waals surface area contributed by atoms with Gasteiger partial charge in [-0.15, -0.1) is 11.8 Å². The molecule has 3 N–H and O–H groups in total. The number of thiazole rings is 1. The molecule has 9 nitrogen and oxygen atoms in total. The van der Waals surface area contributed by atoms with E-state index in [1.165, 1.54) is 23.1 Å². The van der Waals surface area contributed by atoms with Crippen LogP contribution in [0.2, 0.25) is 0 Å². The molecule has 0 bridgehead atoms. The third kappa shape index (κ3) is 8.28. The highest BCUT2D eigenvalue weighted by Crippen LogP contribution is 2.31. The van der Waals surface area contributed by atoms with Gasteiger partial charge in [-0.05, 0) is 79.2 Å². The standard InChI is InChI=1S/C34H30N4O5S2/c1-21(31(39)38-34-37-28-17-16-26(43-3)20-30(28)45-34)44-27-11-7-10-24(19-27)35-33(41)29(18-22-12-14-25(42-2)15-13-22)36-32(40)23-8-5-4-6-9-23/h4-21H,1-3H3,(H,35,41)(H,36,40)(H,37,38,39)/b29-18+. The van der Waals surface area contributed by atoms with Gasteiger partial charge in [0.05, 0.1) is 29.7 Å². The lowest BCUT2D eigenvalue weighted by Gasteiger charge is -2.14. The quantitative estimate of drug-likeness (QED) is 0.107. The number of amides is 3. The first kappa shape index (κ1) is 31.3. The summed E-state index contributed by atoms with van der Waals surface area (Å²) in [5, 5.41) is 8.56. The van der Waals surface area contributed by atoms with Gasteiger partial charge in [0.25, 0.3) is 11.8 Å². The average Bonchev–Trinajstić information content (AvgIpc) is 3.46. The number of nitrogens with zero attached hydrogens (tertiary/aromatic N) is 1. The fraction of sp³-hybridized carbons (Fsp3) is 0.118. The zero-order chi connectivity index (χ0) is 31.8. The number of thioether (sulfide) groups is 1. The van der Waals surface area contributed by atoms with E-state index in [1.807, 2.05) is 30.3 Å². The average molecular weight is 639 g/mol. The van der Waals surface area contributed by atoms with Crippen LogP contribution in [0.4, 0.5) is 10.8 Å². The Bertz CT molecular complexity index is 1860. The lowest BCUT2D eigenvalue weighted by atomic mass is 10.1. The number of hydrogen-bond donors (Lipinski definition) is 3. The summed E-state index contributed by atoms with van der Waals surface area (Å²) in [4.78, 5) is 44.7. The van der Waals surface area contributed by atoms with Crippen molar-refractivity contribution in [1.82, 2.24) is 10.3 Å². The molecule has 3 amide bonds. The van der Waals surface area contributed by atoms with Crippen LogP contribution in [0, 0.1) is 0 Å². The van der Waals surface area contributed by atoms with Crippen molar-refractivity contribution >= 4 is 67.9 Å². The van der Waals surface area contributed by atoms with Crippen LogP contribution in [0.5, 0.6) is 11.5 Å². The van der Waals surface area contributed by atoms with Crippen LogP contribution in [0.15, 0.2) is 108 Å². The number of aromatic nitrogens is 1. The topological polar surface area (TPSA) is 119 Å². The maximum atomic E-state index is 13.5. The summed E-state index contributed by atoms with van der Waals surface area (Å²) in [6.07, 6.45) is 1.60. The first-order valence-corrected chi connectivity index (χ1v) is 15.6. The van der Waals surface area contributed by atoms with Crippen molar-refractivity contribution in [3.8, 4) is 11.5 Å². The Labute approximate surface area is 268 Å². The van der Waals surface area contributed by atoms with E-state index in [1.54, 1.807) is 93.9 Å². The number of hydrogen-bond acceptors (Lipinski definition) is 8. The Balaban J connectivity index is 1.27. The second-order valence-electron chi connectivity index (χ2n) is 9.74. The van der Waals surface area contributed by atoms with Gasteiger partial charge in [0.15, 0.2) is 5.13 Å². The molecular weight excluding hydrogens is 609 g/mol. The fourth-order valence-electron chi connectivity index (χ4n) is 4.20. The first-order valence-electron chi connectivity index (χ1n) is 13.9. The molecule has 0 aliphatic rings. The van der Waals surface area contributed by atoms with Crippen LogP contribution in [0.3, 0.4) is 0 Å². The minimum atomic E-state index is -0.504. The van der Waals surface area contributed by atoms with Gasteiger partial charge in [0.1, 0.15) is 17.2 Å². The number of benzene rings is 4. The molecule has 1 atom stereocenters. The highest BCUT2D eigenvalue weighted by Gasteiger charge is 2.18. The zero-order valence-corrected chi connectivity index (χ0v) is 26.3. The molecule has 0 saturated carbocycles. The number of rotatable bonds is 11. The van der Waals surface area contributed by atoms with Gasteiger partial charge in [0, 0.05) is 16.1 Å². The molecule has 1 aromatic heterocycles. The van der Waals surface area contributed by atoms with E-state index in [-0.39, 0.29) is 11.6 Å². The molecule has 0 radical (unpaired) electrons. The maximum Gasteiger partial charge on any atom is 0.272 e. The molecule has 45 heavy (non-hydrogen) atoms. The first-order chi connectivity index (χ1) is 21.8. The van der Waals surface area contributed by atoms with Crippen molar-refractivity contribution in [3.63, 3.8) is 0 Å². The number of carbonyl (C=O) groups excluding carboxylic acids is 3. The number of methoxy groups -OCH3 is 2. The van der Waals surface area contributed by atoms with E-state index in [2.05, 4.69) is 20.9 Å². The van der Waals surface area contributed by atoms with Gasteiger partial charge in [-0.2, -0.15) is 0 Å². The fourth-order valence-corrected chi connectivity index (χ4v) is 6.03. The van der Waals surface area contributed by atoms with Crippen molar-refractivity contribution < 1.29 is 23.9 Å². The van der Waals surface area contributed by atoms with Crippen LogP contribution < -0.4 is 25.4 Å². The van der Waals surface area contributed by atoms with Crippen LogP contribution in [-0.4, -0.2) is 42.2 Å². The highest BCUT2D eigenvalue weighted by atomic mass is 32.2. The summed E-state index contributed by atoms with van der Waals surface area (Å²) in [5.74, 6) is 0.275. The number of nitrogens with one attached hydrogen (secondary N) is 3. The van der Waals surface area contributed by atoms with Crippen molar-refractivity contribution in [2.45, 2.75) is 17.1 Å². The second kappa shape index (κ2) is 14.6. The summed E-state index contributed by atoms with van der Waals surface area (Å²) < 4.78 is 11.4. The molecule has 0 fully saturated rings. The molecule has 0 aliphatic heterocycles. The smallest absolute Gasteiger partial charge is 0.272 e. The predicted octanol–water partition coefficient (Wildman–Crippen LogP) is 6.84. The molecule has 1 heterocycles. The summed E-state index contributed by atoms with van der Waals surface area (Å²) in [7, 11) is 3.18. The number of anilines is 2. The zero-order valence-electron chi connectivity index (χ0n) is 24.7. The van der Waals surface area contributed by atoms with Gasteiger partial charge >= 0.3 is 0 Å². The third-order valence-electron chi connectivity index (χ3n) is 6.56. The van der Waals surface area contributed by atoms with E-state index in [0.717, 1.165) is 20.9 Å². The normalized spacial score (nSPS) is 11.8. The lowest BCUT2D eigenvalue weighted by molar-refractivity contribution is -0.115. The monoisotopic (exact) mass is 638 g/mol. The summed E-state index contributed by atoms with van der Waals surface area (Å²) in [6, 6.07) is 28.5. The van der Waals surface area contributed by atoms with Crippen molar-refractivity contribution in [1.29, 1.82) is 0 Å². The Kier molecular flexibility index (Phi) is 10.1. The molecule has 5 rings (SSSR count). The van der Waals surface area contributed by atoms with E-state index >= 15 is 0 Å². The summed E-state index contributed by atoms with van der Waals surface area (Å²) in [6.45, 7) is 1.80. The molecule has 1 unspecified atom stereocenters. The van der Waals surface area contributed by atoms with Crippen molar-refractivity contribution in [2.24, 2.45) is 0 Å². The van der Waals surface area contributed by atoms with Gasteiger partial charge < -0.3 is 25.4 Å². The van der Waals surface area contributed by atoms with Crippen molar-refractivity contribution in [3.05, 3.63) is 114 Å². The number of fused-ring (bicyclic) bond motifs is 1. The van der Waals surface area contributed by atoms with E-state index in [9.17, 15) is 14.4 Å². The third-order valence-corrected chi connectivity index (χ3v) is 8.58. The van der Waals surface area contributed by atoms with E-state index in [4.69, 9.17) is 9.47 Å². The van der Waals surface area contributed by atoms with Crippen molar-refractivity contribution in [2.75, 3.05) is 24.9 Å². The van der Waals surface area contributed by atoms with E-state index in [0.29, 0.717) is 27.7 Å².